The Hall–Kier alpha value is -2.05. The summed E-state index contributed by atoms with van der Waals surface area (Å²) in [6, 6.07) is 11.0. The average molecular weight is 449 g/mol. The Bertz CT molecular complexity index is 893. The number of ether oxygens (including phenoxy) is 1. The van der Waals surface area contributed by atoms with Gasteiger partial charge in [-0.1, -0.05) is 89.3 Å². The third-order valence-electron chi connectivity index (χ3n) is 5.45. The Morgan fingerprint density at radius 3 is 1.97 bits per heavy atom. The quantitative estimate of drug-likeness (QED) is 0.221. The number of hydrogen-bond donors (Lipinski definition) is 2. The second-order valence-corrected chi connectivity index (χ2v) is 9.49. The predicted molar refractivity (Wildman–Crippen MR) is 125 cm³/mol. The van der Waals surface area contributed by atoms with E-state index in [0.29, 0.717) is 5.75 Å². The number of unbranched alkanes of at least 4 members (excludes halogenated alkanes) is 10. The van der Waals surface area contributed by atoms with Crippen LogP contribution in [0.15, 0.2) is 47.4 Å². The normalized spacial score (nSPS) is 11.5. The zero-order valence-corrected chi connectivity index (χ0v) is 19.4. The molecule has 0 saturated carbocycles. The van der Waals surface area contributed by atoms with Crippen molar-refractivity contribution in [2.75, 3.05) is 0 Å². The minimum absolute atomic E-state index is 0.0890. The lowest BCUT2D eigenvalue weighted by atomic mass is 10.0. The van der Waals surface area contributed by atoms with Crippen LogP contribution in [0, 0.1) is 0 Å². The molecule has 0 amide bonds. The lowest BCUT2D eigenvalue weighted by molar-refractivity contribution is 0.433. The molecule has 0 unspecified atom stereocenters. The molecule has 0 atom stereocenters. The van der Waals surface area contributed by atoms with Crippen LogP contribution in [0.1, 0.15) is 83.1 Å². The van der Waals surface area contributed by atoms with Gasteiger partial charge in [0.2, 0.25) is 0 Å². The molecule has 0 heterocycles. The summed E-state index contributed by atoms with van der Waals surface area (Å²) < 4.78 is 38.5. The number of aryl methyl sites for hydroxylation is 1. The minimum atomic E-state index is -4.46. The first-order chi connectivity index (χ1) is 14.9. The van der Waals surface area contributed by atoms with Crippen LogP contribution in [-0.2, 0) is 16.5 Å². The Balaban J connectivity index is 1.81. The van der Waals surface area contributed by atoms with Gasteiger partial charge in [0.25, 0.3) is 10.1 Å². The van der Waals surface area contributed by atoms with Gasteiger partial charge in [0, 0.05) is 6.07 Å². The fourth-order valence-corrected chi connectivity index (χ4v) is 4.29. The van der Waals surface area contributed by atoms with Crippen molar-refractivity contribution in [2.24, 2.45) is 0 Å². The molecule has 0 aliphatic heterocycles. The largest absolute Gasteiger partial charge is 0.508 e. The first kappa shape index (κ1) is 25.2. The van der Waals surface area contributed by atoms with Crippen molar-refractivity contribution in [3.63, 3.8) is 0 Å². The maximum atomic E-state index is 11.6. The van der Waals surface area contributed by atoms with Crippen LogP contribution in [0.2, 0.25) is 0 Å². The second kappa shape index (κ2) is 13.4. The average Bonchev–Trinajstić information content (AvgIpc) is 2.72. The standard InChI is InChI=1S/C25H36O5S/c1-2-3-4-5-6-7-8-9-10-11-12-15-21-16-13-14-17-23(21)30-24-20-22(26)18-19-25(24)31(27,28)29/h13-14,16-20,26H,2-12,15H2,1H3,(H,27,28,29). The molecule has 2 rings (SSSR count). The lowest BCUT2D eigenvalue weighted by Gasteiger charge is -2.13. The number of rotatable bonds is 15. The number of para-hydroxylation sites is 1. The molecule has 0 saturated heterocycles. The zero-order valence-electron chi connectivity index (χ0n) is 18.6. The highest BCUT2D eigenvalue weighted by Crippen LogP contribution is 2.34. The Kier molecular flexibility index (Phi) is 10.9. The van der Waals surface area contributed by atoms with Gasteiger partial charge in [-0.15, -0.1) is 0 Å². The van der Waals surface area contributed by atoms with Crippen molar-refractivity contribution >= 4 is 10.1 Å². The van der Waals surface area contributed by atoms with Crippen molar-refractivity contribution < 1.29 is 22.8 Å². The van der Waals surface area contributed by atoms with Crippen molar-refractivity contribution in [1.29, 1.82) is 0 Å². The number of phenolic OH excluding ortho intramolecular Hbond substituents is 1. The molecule has 0 aromatic heterocycles. The fourth-order valence-electron chi connectivity index (χ4n) is 3.70. The van der Waals surface area contributed by atoms with Gasteiger partial charge in [0.1, 0.15) is 16.4 Å². The van der Waals surface area contributed by atoms with E-state index in [4.69, 9.17) is 4.74 Å². The number of aromatic hydroxyl groups is 1. The van der Waals surface area contributed by atoms with Gasteiger partial charge in [0.15, 0.2) is 5.75 Å². The molecule has 0 aliphatic rings. The van der Waals surface area contributed by atoms with Crippen LogP contribution < -0.4 is 4.74 Å². The van der Waals surface area contributed by atoms with E-state index in [0.717, 1.165) is 30.9 Å². The zero-order chi connectivity index (χ0) is 22.5. The first-order valence-electron chi connectivity index (χ1n) is 11.5. The third-order valence-corrected chi connectivity index (χ3v) is 6.34. The van der Waals surface area contributed by atoms with Crippen molar-refractivity contribution in [2.45, 2.75) is 88.9 Å². The van der Waals surface area contributed by atoms with Crippen LogP contribution >= 0.6 is 0 Å². The predicted octanol–water partition coefficient (Wildman–Crippen LogP) is 7.28. The van der Waals surface area contributed by atoms with Crippen LogP contribution in [0.3, 0.4) is 0 Å². The van der Waals surface area contributed by atoms with E-state index in [1.807, 2.05) is 18.2 Å². The van der Waals surface area contributed by atoms with Gasteiger partial charge in [-0.05, 0) is 36.6 Å². The monoisotopic (exact) mass is 448 g/mol. The van der Waals surface area contributed by atoms with E-state index < -0.39 is 10.1 Å². The molecule has 0 radical (unpaired) electrons. The number of phenols is 1. The van der Waals surface area contributed by atoms with Gasteiger partial charge in [-0.3, -0.25) is 4.55 Å². The molecule has 0 fully saturated rings. The van der Waals surface area contributed by atoms with Crippen molar-refractivity contribution in [3.8, 4) is 17.2 Å². The topological polar surface area (TPSA) is 83.8 Å². The molecule has 2 aromatic carbocycles. The molecule has 0 aliphatic carbocycles. The summed E-state index contributed by atoms with van der Waals surface area (Å²) in [6.45, 7) is 2.24. The van der Waals surface area contributed by atoms with Crippen molar-refractivity contribution in [1.82, 2.24) is 0 Å². The van der Waals surface area contributed by atoms with Crippen molar-refractivity contribution in [3.05, 3.63) is 48.0 Å². The molecule has 2 N–H and O–H groups in total. The Morgan fingerprint density at radius 2 is 1.35 bits per heavy atom. The fraction of sp³-hybridized carbons (Fsp3) is 0.520. The highest BCUT2D eigenvalue weighted by atomic mass is 32.2. The summed E-state index contributed by atoms with van der Waals surface area (Å²) in [4.78, 5) is -0.366. The van der Waals surface area contributed by atoms with E-state index in [2.05, 4.69) is 6.92 Å². The summed E-state index contributed by atoms with van der Waals surface area (Å²) in [6.07, 6.45) is 14.9. The van der Waals surface area contributed by atoms with Crippen LogP contribution in [0.5, 0.6) is 17.2 Å². The Labute approximate surface area is 187 Å². The molecule has 31 heavy (non-hydrogen) atoms. The van der Waals surface area contributed by atoms with E-state index in [1.54, 1.807) is 6.07 Å². The van der Waals surface area contributed by atoms with Gasteiger partial charge in [0.05, 0.1) is 0 Å². The SMILES string of the molecule is CCCCCCCCCCCCCc1ccccc1Oc1cc(O)ccc1S(=O)(=O)O. The van der Waals surface area contributed by atoms with E-state index in [1.165, 1.54) is 69.9 Å². The van der Waals surface area contributed by atoms with E-state index >= 15 is 0 Å². The summed E-state index contributed by atoms with van der Waals surface area (Å²) >= 11 is 0. The molecular formula is C25H36O5S. The second-order valence-electron chi connectivity index (χ2n) is 8.10. The number of benzene rings is 2. The van der Waals surface area contributed by atoms with Gasteiger partial charge in [-0.25, -0.2) is 0 Å². The van der Waals surface area contributed by atoms with E-state index in [9.17, 15) is 18.1 Å². The highest BCUT2D eigenvalue weighted by molar-refractivity contribution is 7.86. The van der Waals surface area contributed by atoms with Gasteiger partial charge in [-0.2, -0.15) is 8.42 Å². The summed E-state index contributed by atoms with van der Waals surface area (Å²) in [5.74, 6) is 0.309. The molecular weight excluding hydrogens is 412 g/mol. The van der Waals surface area contributed by atoms with Gasteiger partial charge >= 0.3 is 0 Å². The molecule has 172 valence electrons. The molecule has 0 bridgehead atoms. The smallest absolute Gasteiger partial charge is 0.298 e. The summed E-state index contributed by atoms with van der Waals surface area (Å²) in [5.41, 5.74) is 0.975. The minimum Gasteiger partial charge on any atom is -0.508 e. The lowest BCUT2D eigenvalue weighted by Crippen LogP contribution is -2.02. The molecule has 6 heteroatoms. The maximum absolute atomic E-state index is 11.6. The van der Waals surface area contributed by atoms with Crippen LogP contribution in [0.25, 0.3) is 0 Å². The molecule has 2 aromatic rings. The number of hydrogen-bond acceptors (Lipinski definition) is 4. The first-order valence-corrected chi connectivity index (χ1v) is 12.9. The van der Waals surface area contributed by atoms with E-state index in [-0.39, 0.29) is 16.4 Å². The molecule has 0 spiro atoms. The third kappa shape index (κ3) is 9.32. The van der Waals surface area contributed by atoms with Crippen LogP contribution in [0.4, 0.5) is 0 Å². The van der Waals surface area contributed by atoms with Gasteiger partial charge < -0.3 is 9.84 Å². The van der Waals surface area contributed by atoms with Crippen LogP contribution in [-0.4, -0.2) is 18.1 Å². The molecule has 5 nitrogen and oxygen atoms in total. The maximum Gasteiger partial charge on any atom is 0.298 e. The summed E-state index contributed by atoms with van der Waals surface area (Å²) in [5, 5.41) is 9.71. The highest BCUT2D eigenvalue weighted by Gasteiger charge is 2.18. The summed E-state index contributed by atoms with van der Waals surface area (Å²) in [7, 11) is -4.46. The Morgan fingerprint density at radius 1 is 0.774 bits per heavy atom.